The van der Waals surface area contributed by atoms with E-state index in [0.29, 0.717) is 17.9 Å². The highest BCUT2D eigenvalue weighted by atomic mass is 32.2. The standard InChI is InChI=1S/C18H17FN2O4S/c1-25-13-5-6-16-15(10-13)18(17(22)20-16)7-8-21(11-18)26(23,24)14-4-2-3-12(19)9-14/h2-6,9-10H,7-8,11H2,1H3,(H,20,22). The monoisotopic (exact) mass is 376 g/mol. The number of carbonyl (C=O) groups excluding carboxylic acids is 1. The third-order valence-electron chi connectivity index (χ3n) is 5.09. The predicted molar refractivity (Wildman–Crippen MR) is 93.1 cm³/mol. The molecule has 26 heavy (non-hydrogen) atoms. The molecule has 1 N–H and O–H groups in total. The Hall–Kier alpha value is -2.45. The number of hydrogen-bond donors (Lipinski definition) is 1. The minimum Gasteiger partial charge on any atom is -0.497 e. The van der Waals surface area contributed by atoms with Crippen LogP contribution in [0.1, 0.15) is 12.0 Å². The summed E-state index contributed by atoms with van der Waals surface area (Å²) in [4.78, 5) is 12.6. The van der Waals surface area contributed by atoms with Gasteiger partial charge < -0.3 is 10.1 Å². The molecular weight excluding hydrogens is 359 g/mol. The van der Waals surface area contributed by atoms with Crippen molar-refractivity contribution in [3.05, 3.63) is 53.8 Å². The van der Waals surface area contributed by atoms with Gasteiger partial charge in [0.15, 0.2) is 0 Å². The number of hydrogen-bond acceptors (Lipinski definition) is 4. The fraction of sp³-hybridized carbons (Fsp3) is 0.278. The molecule has 1 unspecified atom stereocenters. The maximum absolute atomic E-state index is 13.5. The van der Waals surface area contributed by atoms with Crippen LogP contribution in [0.2, 0.25) is 0 Å². The Labute approximate surface area is 150 Å². The highest BCUT2D eigenvalue weighted by molar-refractivity contribution is 7.89. The van der Waals surface area contributed by atoms with Gasteiger partial charge in [-0.3, -0.25) is 4.79 Å². The number of sulfonamides is 1. The Morgan fingerprint density at radius 2 is 2.04 bits per heavy atom. The van der Waals surface area contributed by atoms with Crippen molar-refractivity contribution < 1.29 is 22.3 Å². The lowest BCUT2D eigenvalue weighted by atomic mass is 9.81. The van der Waals surface area contributed by atoms with Gasteiger partial charge >= 0.3 is 0 Å². The van der Waals surface area contributed by atoms with Crippen molar-refractivity contribution in [1.82, 2.24) is 4.31 Å². The molecule has 2 aromatic carbocycles. The van der Waals surface area contributed by atoms with Crippen molar-refractivity contribution in [2.24, 2.45) is 0 Å². The number of benzene rings is 2. The number of methoxy groups -OCH3 is 1. The van der Waals surface area contributed by atoms with Crippen LogP contribution in [0, 0.1) is 5.82 Å². The molecule has 1 amide bonds. The zero-order valence-corrected chi connectivity index (χ0v) is 14.8. The van der Waals surface area contributed by atoms with Gasteiger partial charge in [0, 0.05) is 18.8 Å². The molecule has 2 aromatic rings. The number of carbonyl (C=O) groups is 1. The van der Waals surface area contributed by atoms with E-state index in [2.05, 4.69) is 5.32 Å². The van der Waals surface area contributed by atoms with Gasteiger partial charge in [0.25, 0.3) is 0 Å². The minimum absolute atomic E-state index is 0.0118. The molecule has 2 heterocycles. The Kier molecular flexibility index (Phi) is 3.78. The van der Waals surface area contributed by atoms with Crippen LogP contribution in [0.25, 0.3) is 0 Å². The molecule has 0 saturated carbocycles. The van der Waals surface area contributed by atoms with Gasteiger partial charge in [0.1, 0.15) is 11.6 Å². The Morgan fingerprint density at radius 1 is 1.23 bits per heavy atom. The number of halogens is 1. The van der Waals surface area contributed by atoms with Crippen molar-refractivity contribution >= 4 is 21.6 Å². The van der Waals surface area contributed by atoms with E-state index >= 15 is 0 Å². The number of anilines is 1. The Balaban J connectivity index is 1.72. The number of amides is 1. The van der Waals surface area contributed by atoms with Crippen molar-refractivity contribution in [3.63, 3.8) is 0 Å². The van der Waals surface area contributed by atoms with E-state index in [0.717, 1.165) is 11.6 Å². The lowest BCUT2D eigenvalue weighted by molar-refractivity contribution is -0.120. The molecule has 136 valence electrons. The van der Waals surface area contributed by atoms with E-state index in [1.165, 1.54) is 29.6 Å². The quantitative estimate of drug-likeness (QED) is 0.890. The van der Waals surface area contributed by atoms with Crippen molar-refractivity contribution in [2.75, 3.05) is 25.5 Å². The van der Waals surface area contributed by atoms with Crippen LogP contribution in [-0.4, -0.2) is 38.8 Å². The molecule has 2 aliphatic rings. The molecule has 2 aliphatic heterocycles. The van der Waals surface area contributed by atoms with Crippen LogP contribution in [0.15, 0.2) is 47.4 Å². The summed E-state index contributed by atoms with van der Waals surface area (Å²) in [5.41, 5.74) is 0.448. The summed E-state index contributed by atoms with van der Waals surface area (Å²) in [6, 6.07) is 10.2. The average molecular weight is 376 g/mol. The summed E-state index contributed by atoms with van der Waals surface area (Å²) >= 11 is 0. The summed E-state index contributed by atoms with van der Waals surface area (Å²) in [6.45, 7) is 0.195. The number of nitrogens with zero attached hydrogens (tertiary/aromatic N) is 1. The molecule has 0 radical (unpaired) electrons. The average Bonchev–Trinajstić information content (AvgIpc) is 3.19. The van der Waals surface area contributed by atoms with Crippen LogP contribution in [0.5, 0.6) is 5.75 Å². The van der Waals surface area contributed by atoms with Crippen LogP contribution >= 0.6 is 0 Å². The van der Waals surface area contributed by atoms with E-state index in [1.54, 1.807) is 18.2 Å². The third kappa shape index (κ3) is 2.40. The zero-order chi connectivity index (χ0) is 18.5. The van der Waals surface area contributed by atoms with E-state index in [9.17, 15) is 17.6 Å². The molecule has 0 aliphatic carbocycles. The topological polar surface area (TPSA) is 75.7 Å². The van der Waals surface area contributed by atoms with Crippen LogP contribution in [-0.2, 0) is 20.2 Å². The van der Waals surface area contributed by atoms with Crippen LogP contribution < -0.4 is 10.1 Å². The first-order chi connectivity index (χ1) is 12.4. The van der Waals surface area contributed by atoms with E-state index in [-0.39, 0.29) is 23.9 Å². The van der Waals surface area contributed by atoms with Gasteiger partial charge in [-0.2, -0.15) is 4.31 Å². The van der Waals surface area contributed by atoms with Crippen molar-refractivity contribution in [1.29, 1.82) is 0 Å². The largest absolute Gasteiger partial charge is 0.497 e. The molecule has 1 fully saturated rings. The Bertz CT molecular complexity index is 1010. The second-order valence-electron chi connectivity index (χ2n) is 6.49. The number of rotatable bonds is 3. The fourth-order valence-corrected chi connectivity index (χ4v) is 5.21. The summed E-state index contributed by atoms with van der Waals surface area (Å²) in [5, 5.41) is 2.83. The van der Waals surface area contributed by atoms with Crippen LogP contribution in [0.3, 0.4) is 0 Å². The lowest BCUT2D eigenvalue weighted by Crippen LogP contribution is -2.39. The summed E-state index contributed by atoms with van der Waals surface area (Å²) in [6.07, 6.45) is 0.355. The van der Waals surface area contributed by atoms with Gasteiger partial charge in [-0.1, -0.05) is 6.07 Å². The van der Waals surface area contributed by atoms with Gasteiger partial charge in [0.2, 0.25) is 15.9 Å². The van der Waals surface area contributed by atoms with E-state index in [1.807, 2.05) is 0 Å². The minimum atomic E-state index is -3.88. The van der Waals surface area contributed by atoms with Crippen molar-refractivity contribution in [2.45, 2.75) is 16.7 Å². The number of ether oxygens (including phenoxy) is 1. The predicted octanol–water partition coefficient (Wildman–Crippen LogP) is 2.12. The summed E-state index contributed by atoms with van der Waals surface area (Å²) in [5.74, 6) is -0.238. The van der Waals surface area contributed by atoms with Crippen LogP contribution in [0.4, 0.5) is 10.1 Å². The van der Waals surface area contributed by atoms with E-state index < -0.39 is 21.3 Å². The van der Waals surface area contributed by atoms with Gasteiger partial charge in [-0.05, 0) is 48.4 Å². The molecule has 1 spiro atoms. The molecule has 0 bridgehead atoms. The maximum Gasteiger partial charge on any atom is 0.243 e. The number of fused-ring (bicyclic) bond motifs is 2. The molecule has 6 nitrogen and oxygen atoms in total. The second kappa shape index (κ2) is 5.78. The number of nitrogens with one attached hydrogen (secondary N) is 1. The molecule has 4 rings (SSSR count). The van der Waals surface area contributed by atoms with E-state index in [4.69, 9.17) is 4.74 Å². The fourth-order valence-electron chi connectivity index (χ4n) is 3.68. The SMILES string of the molecule is COc1ccc2c(c1)C1(CCN(S(=O)(=O)c3cccc(F)c3)C1)C(=O)N2. The zero-order valence-electron chi connectivity index (χ0n) is 14.0. The second-order valence-corrected chi connectivity index (χ2v) is 8.43. The van der Waals surface area contributed by atoms with Gasteiger partial charge in [-0.25, -0.2) is 12.8 Å². The highest BCUT2D eigenvalue weighted by Crippen LogP contribution is 2.46. The molecular formula is C18H17FN2O4S. The summed E-state index contributed by atoms with van der Waals surface area (Å²) in [7, 11) is -2.35. The smallest absolute Gasteiger partial charge is 0.243 e. The van der Waals surface area contributed by atoms with Gasteiger partial charge in [-0.15, -0.1) is 0 Å². The molecule has 1 saturated heterocycles. The molecule has 0 aromatic heterocycles. The first-order valence-corrected chi connectivity index (χ1v) is 9.56. The highest BCUT2D eigenvalue weighted by Gasteiger charge is 2.53. The first kappa shape index (κ1) is 17.0. The first-order valence-electron chi connectivity index (χ1n) is 8.12. The lowest BCUT2D eigenvalue weighted by Gasteiger charge is -2.22. The normalized spacial score (nSPS) is 22.5. The molecule has 1 atom stereocenters. The Morgan fingerprint density at radius 3 is 2.77 bits per heavy atom. The molecule has 8 heteroatoms. The van der Waals surface area contributed by atoms with Gasteiger partial charge in [0.05, 0.1) is 17.4 Å². The van der Waals surface area contributed by atoms with Crippen molar-refractivity contribution in [3.8, 4) is 5.75 Å². The third-order valence-corrected chi connectivity index (χ3v) is 6.93. The maximum atomic E-state index is 13.5. The summed E-state index contributed by atoms with van der Waals surface area (Å²) < 4.78 is 45.7.